The first-order chi connectivity index (χ1) is 28.6. The summed E-state index contributed by atoms with van der Waals surface area (Å²) in [5.74, 6) is -1.83. The molecule has 4 aromatic rings. The Bertz CT molecular complexity index is 2410. The Kier molecular flexibility index (Phi) is 10.5. The second-order valence-electron chi connectivity index (χ2n) is 16.5. The molecule has 0 bridgehead atoms. The highest BCUT2D eigenvalue weighted by Crippen LogP contribution is 2.46. The number of aromatic nitrogens is 2. The summed E-state index contributed by atoms with van der Waals surface area (Å²) in [4.78, 5) is 67.4. The van der Waals surface area contributed by atoms with Crippen LogP contribution in [0, 0.1) is 5.92 Å². The average Bonchev–Trinajstić information content (AvgIpc) is 4.04. The van der Waals surface area contributed by atoms with Crippen molar-refractivity contribution in [3.05, 3.63) is 66.7 Å². The maximum absolute atomic E-state index is 14.7. The highest BCUT2D eigenvalue weighted by atomic mass is 32.2. The first-order valence-electron chi connectivity index (χ1n) is 20.8. The fraction of sp³-hybridized carbons (Fsp3) is 0.488. The highest BCUT2D eigenvalue weighted by Gasteiger charge is 2.62. The first-order valence-corrected chi connectivity index (χ1v) is 22.4. The number of ether oxygens (including phenoxy) is 2. The van der Waals surface area contributed by atoms with Gasteiger partial charge < -0.3 is 29.4 Å². The number of furan rings is 1. The van der Waals surface area contributed by atoms with Gasteiger partial charge in [0.25, 0.3) is 11.8 Å². The number of hydrogen-bond donors (Lipinski definition) is 3. The summed E-state index contributed by atoms with van der Waals surface area (Å²) in [6.45, 7) is -0.0578. The minimum atomic E-state index is -3.91. The molecular weight excluding hydrogens is 777 g/mol. The van der Waals surface area contributed by atoms with Crippen molar-refractivity contribution in [2.24, 2.45) is 5.92 Å². The molecule has 4 amide bonds. The van der Waals surface area contributed by atoms with Gasteiger partial charge in [-0.05, 0) is 76.3 Å². The van der Waals surface area contributed by atoms with Crippen LogP contribution in [-0.4, -0.2) is 88.7 Å². The van der Waals surface area contributed by atoms with E-state index in [1.165, 1.54) is 4.90 Å². The van der Waals surface area contributed by atoms with E-state index in [-0.39, 0.29) is 31.4 Å². The molecule has 0 spiro atoms. The summed E-state index contributed by atoms with van der Waals surface area (Å²) in [6.07, 6.45) is 9.92. The van der Waals surface area contributed by atoms with Crippen molar-refractivity contribution in [1.29, 1.82) is 0 Å². The summed E-state index contributed by atoms with van der Waals surface area (Å²) in [6, 6.07) is 14.7. The third-order valence-electron chi connectivity index (χ3n) is 12.2. The lowest BCUT2D eigenvalue weighted by molar-refractivity contribution is -0.141. The molecule has 3 N–H and O–H groups in total. The average molecular weight is 825 g/mol. The lowest BCUT2D eigenvalue weighted by Gasteiger charge is -2.30. The van der Waals surface area contributed by atoms with Gasteiger partial charge in [-0.25, -0.2) is 18.2 Å². The van der Waals surface area contributed by atoms with E-state index in [9.17, 15) is 27.6 Å². The van der Waals surface area contributed by atoms with Gasteiger partial charge in [-0.15, -0.1) is 0 Å². The molecule has 2 aliphatic heterocycles. The van der Waals surface area contributed by atoms with Crippen molar-refractivity contribution >= 4 is 55.9 Å². The Morgan fingerprint density at radius 3 is 2.46 bits per heavy atom. The molecule has 1 saturated heterocycles. The Morgan fingerprint density at radius 2 is 1.66 bits per heavy atom. The van der Waals surface area contributed by atoms with Crippen LogP contribution in [0.3, 0.4) is 0 Å². The fourth-order valence-corrected chi connectivity index (χ4v) is 10.1. The topological polar surface area (TPSA) is 199 Å². The number of benzene rings is 2. The summed E-state index contributed by atoms with van der Waals surface area (Å²) in [7, 11) is -3.91. The van der Waals surface area contributed by atoms with E-state index >= 15 is 0 Å². The molecule has 4 heterocycles. The number of rotatable bonds is 8. The zero-order valence-electron chi connectivity index (χ0n) is 32.6. The molecular formula is C43H48N6O9S. The van der Waals surface area contributed by atoms with Crippen molar-refractivity contribution < 1.29 is 41.5 Å². The molecule has 59 heavy (non-hydrogen) atoms. The standard InChI is InChI=1S/C43H48N6O9S/c50-38-33-23-29(56-39-36-35(31-18-11-12-20-34(31)58-36)45-37(46-39)26-13-5-4-6-14-26)25-49(33)40(51)32(44-42(53)57-28-16-9-10-17-28)19-8-3-1-2-7-15-27-24-43(27,47-38)41(52)48-59(54,55)30-21-22-30/h4-7,11-15,18,20,27-30,32-33H,1-3,8-10,16-17,19,21-25H2,(H,44,53)(H,47,50)(H,48,52)/b15-7-/t27-,29+,32-,33-,43+/m0/s1. The molecule has 9 rings (SSSR count). The molecule has 0 unspecified atom stereocenters. The molecule has 2 aromatic heterocycles. The Hall–Kier alpha value is -5.51. The fourth-order valence-electron chi connectivity index (χ4n) is 8.70. The van der Waals surface area contributed by atoms with E-state index < -0.39 is 68.7 Å². The first kappa shape index (κ1) is 39.0. The van der Waals surface area contributed by atoms with Crippen molar-refractivity contribution in [2.75, 3.05) is 6.54 Å². The number of amides is 4. The Balaban J connectivity index is 1.05. The van der Waals surface area contributed by atoms with Crippen molar-refractivity contribution in [3.63, 3.8) is 0 Å². The van der Waals surface area contributed by atoms with Gasteiger partial charge >= 0.3 is 6.09 Å². The van der Waals surface area contributed by atoms with E-state index in [0.717, 1.165) is 49.5 Å². The van der Waals surface area contributed by atoms with Crippen molar-refractivity contribution in [2.45, 2.75) is 119 Å². The maximum atomic E-state index is 14.7. The van der Waals surface area contributed by atoms with Crippen LogP contribution < -0.4 is 20.1 Å². The van der Waals surface area contributed by atoms with Gasteiger partial charge in [0, 0.05) is 23.3 Å². The van der Waals surface area contributed by atoms with E-state index in [2.05, 4.69) is 15.4 Å². The Labute approximate surface area is 341 Å². The lowest BCUT2D eigenvalue weighted by atomic mass is 10.0. The summed E-state index contributed by atoms with van der Waals surface area (Å²) in [5.41, 5.74) is 0.652. The SMILES string of the molecule is O=C(N[C@H]1CCCCC/C=C\[C@H]2C[C@@]2(C(=O)NS(=O)(=O)C2CC2)NC(=O)[C@@H]2C[C@@H](Oc3nc(-c4ccccc4)nc4c3oc3ccccc34)CN2C1=O)OC1CCCC1. The quantitative estimate of drug-likeness (QED) is 0.192. The number of nitrogens with zero attached hydrogens (tertiary/aromatic N) is 3. The van der Waals surface area contributed by atoms with Gasteiger partial charge in [0.05, 0.1) is 11.8 Å². The number of carbonyl (C=O) groups is 4. The number of alkyl carbamates (subject to hydrolysis) is 1. The second kappa shape index (κ2) is 15.9. The van der Waals surface area contributed by atoms with Crippen molar-refractivity contribution in [3.8, 4) is 17.3 Å². The van der Waals surface area contributed by atoms with Crippen LogP contribution in [0.5, 0.6) is 5.88 Å². The molecule has 5 atom stereocenters. The third-order valence-corrected chi connectivity index (χ3v) is 14.0. The monoisotopic (exact) mass is 824 g/mol. The molecule has 15 nitrogen and oxygen atoms in total. The summed E-state index contributed by atoms with van der Waals surface area (Å²) < 4.78 is 46.7. The Morgan fingerprint density at radius 1 is 0.898 bits per heavy atom. The predicted molar refractivity (Wildman–Crippen MR) is 216 cm³/mol. The largest absolute Gasteiger partial charge is 0.470 e. The van der Waals surface area contributed by atoms with Gasteiger partial charge in [0.1, 0.15) is 40.9 Å². The van der Waals surface area contributed by atoms with Crippen LogP contribution in [0.4, 0.5) is 4.79 Å². The number of nitrogens with one attached hydrogen (secondary N) is 3. The molecule has 5 aliphatic rings. The number of para-hydroxylation sites is 1. The molecule has 310 valence electrons. The minimum Gasteiger partial charge on any atom is -0.470 e. The van der Waals surface area contributed by atoms with Gasteiger partial charge in [-0.1, -0.05) is 67.5 Å². The number of sulfonamides is 1. The molecule has 3 saturated carbocycles. The van der Waals surface area contributed by atoms with Gasteiger partial charge in [-0.2, -0.15) is 4.98 Å². The number of allylic oxidation sites excluding steroid dienone is 1. The summed E-state index contributed by atoms with van der Waals surface area (Å²) >= 11 is 0. The van der Waals surface area contributed by atoms with Gasteiger partial charge in [0.15, 0.2) is 5.82 Å². The molecule has 2 aromatic carbocycles. The zero-order chi connectivity index (χ0) is 40.7. The maximum Gasteiger partial charge on any atom is 0.408 e. The van der Waals surface area contributed by atoms with Crippen LogP contribution in [0.1, 0.15) is 83.5 Å². The van der Waals surface area contributed by atoms with E-state index in [0.29, 0.717) is 54.6 Å². The van der Waals surface area contributed by atoms with E-state index in [1.54, 1.807) is 0 Å². The van der Waals surface area contributed by atoms with Crippen LogP contribution in [0.15, 0.2) is 71.2 Å². The highest BCUT2D eigenvalue weighted by molar-refractivity contribution is 7.91. The van der Waals surface area contributed by atoms with Crippen LogP contribution in [-0.2, 0) is 29.1 Å². The van der Waals surface area contributed by atoms with Gasteiger partial charge in [0.2, 0.25) is 27.4 Å². The normalized spacial score (nSPS) is 27.2. The molecule has 3 aliphatic carbocycles. The zero-order valence-corrected chi connectivity index (χ0v) is 33.5. The van der Waals surface area contributed by atoms with Crippen LogP contribution in [0.25, 0.3) is 33.5 Å². The molecule has 4 fully saturated rings. The van der Waals surface area contributed by atoms with Crippen LogP contribution in [0.2, 0.25) is 0 Å². The third kappa shape index (κ3) is 8.10. The number of hydrogen-bond acceptors (Lipinski definition) is 11. The smallest absolute Gasteiger partial charge is 0.408 e. The lowest BCUT2D eigenvalue weighted by Crippen LogP contribution is -2.58. The number of fused-ring (bicyclic) bond motifs is 5. The molecule has 16 heteroatoms. The minimum absolute atomic E-state index is 0.00177. The van der Waals surface area contributed by atoms with Crippen molar-refractivity contribution in [1.82, 2.24) is 30.2 Å². The second-order valence-corrected chi connectivity index (χ2v) is 18.5. The molecule has 0 radical (unpaired) electrons. The van der Waals surface area contributed by atoms with E-state index in [1.807, 2.05) is 66.7 Å². The van der Waals surface area contributed by atoms with Crippen LogP contribution >= 0.6 is 0 Å². The predicted octanol–water partition coefficient (Wildman–Crippen LogP) is 5.43. The van der Waals surface area contributed by atoms with Gasteiger partial charge in [-0.3, -0.25) is 19.1 Å². The number of carbonyl (C=O) groups excluding carboxylic acids is 4. The van der Waals surface area contributed by atoms with E-state index in [4.69, 9.17) is 23.9 Å². The summed E-state index contributed by atoms with van der Waals surface area (Å²) in [5, 5.41) is 5.85.